The van der Waals surface area contributed by atoms with E-state index in [2.05, 4.69) is 19.9 Å². The number of rotatable bonds is 2. The maximum absolute atomic E-state index is 2.37. The van der Waals surface area contributed by atoms with E-state index in [1.54, 1.807) is 33.6 Å². The van der Waals surface area contributed by atoms with Crippen molar-refractivity contribution in [2.24, 2.45) is 0 Å². The Labute approximate surface area is 78.2 Å². The fourth-order valence-corrected chi connectivity index (χ4v) is 2.03. The summed E-state index contributed by atoms with van der Waals surface area (Å²) in [5.74, 6) is 0. The Hall–Kier alpha value is 0.363. The van der Waals surface area contributed by atoms with Crippen molar-refractivity contribution in [2.45, 2.75) is 33.1 Å². The van der Waals surface area contributed by atoms with Gasteiger partial charge in [-0.3, -0.25) is 0 Å². The molecule has 0 radical (unpaired) electrons. The molecule has 0 aromatic heterocycles. The van der Waals surface area contributed by atoms with Gasteiger partial charge in [-0.15, -0.1) is 0 Å². The van der Waals surface area contributed by atoms with Crippen molar-refractivity contribution in [3.8, 4) is 0 Å². The first-order chi connectivity index (χ1) is 4.74. The second-order valence-corrected chi connectivity index (χ2v) is 4.37. The molecule has 0 bridgehead atoms. The first kappa shape index (κ1) is 8.46. The zero-order valence-electron chi connectivity index (χ0n) is 6.70. The van der Waals surface area contributed by atoms with E-state index in [1.165, 1.54) is 24.8 Å². The summed E-state index contributed by atoms with van der Waals surface area (Å²) in [7, 11) is 0. The Morgan fingerprint density at radius 3 is 2.70 bits per heavy atom. The Bertz CT molecular complexity index is 187. The van der Waals surface area contributed by atoms with Gasteiger partial charge in [0.25, 0.3) is 0 Å². The molecule has 0 aliphatic heterocycles. The van der Waals surface area contributed by atoms with Crippen molar-refractivity contribution in [3.05, 3.63) is 20.5 Å². The first-order valence-corrected chi connectivity index (χ1v) is 5.07. The molecule has 0 saturated heterocycles. The van der Waals surface area contributed by atoms with Gasteiger partial charge in [-0.1, -0.05) is 0 Å². The maximum atomic E-state index is 2.37. The van der Waals surface area contributed by atoms with Gasteiger partial charge in [0.2, 0.25) is 0 Å². The first-order valence-electron chi connectivity index (χ1n) is 3.85. The van der Waals surface area contributed by atoms with Crippen LogP contribution in [0.4, 0.5) is 0 Å². The van der Waals surface area contributed by atoms with Crippen molar-refractivity contribution in [2.75, 3.05) is 0 Å². The van der Waals surface area contributed by atoms with Gasteiger partial charge in [-0.2, -0.15) is 0 Å². The molecule has 1 heteroatoms. The van der Waals surface area contributed by atoms with Crippen LogP contribution >= 0.6 is 0 Å². The van der Waals surface area contributed by atoms with Crippen molar-refractivity contribution in [3.63, 3.8) is 0 Å². The molecule has 0 saturated carbocycles. The van der Waals surface area contributed by atoms with Gasteiger partial charge < -0.3 is 0 Å². The summed E-state index contributed by atoms with van der Waals surface area (Å²) >= 11 is 1.60. The molecule has 10 heavy (non-hydrogen) atoms. The molecule has 0 amide bonds. The average molecular weight is 212 g/mol. The monoisotopic (exact) mass is 211 g/mol. The quantitative estimate of drug-likeness (QED) is 0.660. The van der Waals surface area contributed by atoms with Crippen LogP contribution in [0.3, 0.4) is 0 Å². The Morgan fingerprint density at radius 1 is 1.60 bits per heavy atom. The third-order valence-electron chi connectivity index (χ3n) is 1.87. The van der Waals surface area contributed by atoms with Crippen LogP contribution in [0.15, 0.2) is 20.5 Å². The molecule has 0 N–H and O–H groups in total. The predicted molar refractivity (Wildman–Crippen MR) is 40.3 cm³/mol. The molecule has 0 heterocycles. The normalized spacial score (nSPS) is 17.9. The van der Waals surface area contributed by atoms with Crippen LogP contribution in [0.2, 0.25) is 0 Å². The second kappa shape index (κ2) is 3.67. The fourth-order valence-electron chi connectivity index (χ4n) is 1.29. The van der Waals surface area contributed by atoms with E-state index in [0.717, 1.165) is 0 Å². The summed E-state index contributed by atoms with van der Waals surface area (Å²) in [5, 5.41) is 0. The number of hydrogen-bond donors (Lipinski definition) is 0. The van der Waals surface area contributed by atoms with E-state index < -0.39 is 0 Å². The molecule has 1 rings (SSSR count). The average Bonchev–Trinajstić information content (AvgIpc) is 2.14. The van der Waals surface area contributed by atoms with Gasteiger partial charge in [0.15, 0.2) is 0 Å². The van der Waals surface area contributed by atoms with Crippen molar-refractivity contribution >= 4 is 0 Å². The molecular formula is C9H13Zr. The van der Waals surface area contributed by atoms with E-state index in [-0.39, 0.29) is 0 Å². The van der Waals surface area contributed by atoms with E-state index in [0.29, 0.717) is 0 Å². The summed E-state index contributed by atoms with van der Waals surface area (Å²) in [5.41, 5.74) is 3.17. The summed E-state index contributed by atoms with van der Waals surface area (Å²) in [4.78, 5) is 0. The van der Waals surface area contributed by atoms with E-state index in [1.807, 2.05) is 0 Å². The van der Waals surface area contributed by atoms with Gasteiger partial charge in [0.05, 0.1) is 0 Å². The molecule has 0 fully saturated rings. The van der Waals surface area contributed by atoms with Gasteiger partial charge in [-0.05, 0) is 0 Å². The molecular weight excluding hydrogens is 199 g/mol. The molecule has 0 aromatic rings. The summed E-state index contributed by atoms with van der Waals surface area (Å²) in [6.07, 6.45) is 6.24. The van der Waals surface area contributed by atoms with Crippen LogP contribution in [0.5, 0.6) is 0 Å². The fraction of sp³-hybridized carbons (Fsp3) is 0.556. The number of hydrogen-bond acceptors (Lipinski definition) is 0. The van der Waals surface area contributed by atoms with Crippen molar-refractivity contribution in [1.29, 1.82) is 0 Å². The topological polar surface area (TPSA) is 0 Å². The summed E-state index contributed by atoms with van der Waals surface area (Å²) in [6.45, 7) is 4.48. The summed E-state index contributed by atoms with van der Waals surface area (Å²) < 4.78 is 1.65. The van der Waals surface area contributed by atoms with Crippen LogP contribution in [0, 0.1) is 0 Å². The van der Waals surface area contributed by atoms with E-state index >= 15 is 0 Å². The molecule has 0 nitrogen and oxygen atoms in total. The van der Waals surface area contributed by atoms with Crippen molar-refractivity contribution < 1.29 is 24.7 Å². The Balaban J connectivity index is 2.52. The van der Waals surface area contributed by atoms with Crippen LogP contribution in [-0.4, -0.2) is 0 Å². The Kier molecular flexibility index (Phi) is 3.10. The van der Waals surface area contributed by atoms with Crippen LogP contribution in [-0.2, 0) is 24.7 Å². The zero-order chi connectivity index (χ0) is 7.56. The van der Waals surface area contributed by atoms with E-state index in [9.17, 15) is 0 Å². The van der Waals surface area contributed by atoms with Gasteiger partial charge in [-0.25, -0.2) is 0 Å². The van der Waals surface area contributed by atoms with Crippen LogP contribution < -0.4 is 0 Å². The second-order valence-electron chi connectivity index (χ2n) is 2.89. The molecule has 53 valence electrons. The van der Waals surface area contributed by atoms with Gasteiger partial charge in [0, 0.05) is 0 Å². The minimum atomic E-state index is 1.28. The third-order valence-corrected chi connectivity index (χ3v) is 3.28. The number of allylic oxidation sites excluding steroid dienone is 4. The van der Waals surface area contributed by atoms with Crippen LogP contribution in [0.1, 0.15) is 33.1 Å². The predicted octanol–water partition coefficient (Wildman–Crippen LogP) is 2.94. The molecule has 0 aromatic carbocycles. The van der Waals surface area contributed by atoms with Crippen molar-refractivity contribution in [1.82, 2.24) is 0 Å². The molecule has 0 unspecified atom stereocenters. The van der Waals surface area contributed by atoms with Gasteiger partial charge in [0.1, 0.15) is 0 Å². The Morgan fingerprint density at radius 2 is 2.30 bits per heavy atom. The minimum absolute atomic E-state index is 1.28. The summed E-state index contributed by atoms with van der Waals surface area (Å²) in [6, 6.07) is 0. The molecule has 1 aliphatic rings. The third kappa shape index (κ3) is 1.92. The standard InChI is InChI=1S/C9H13.Zr/c1-3-4-9-6-5-8(2)7-9;/h7H,3-4,6H2,1-2H3;. The van der Waals surface area contributed by atoms with Crippen LogP contribution in [0.25, 0.3) is 0 Å². The zero-order valence-corrected chi connectivity index (χ0v) is 9.16. The van der Waals surface area contributed by atoms with E-state index in [4.69, 9.17) is 0 Å². The SMILES string of the molecule is CCCC1=CC(C)=[C]([Zr])C1. The molecule has 0 atom stereocenters. The molecule has 1 aliphatic carbocycles. The van der Waals surface area contributed by atoms with Gasteiger partial charge >= 0.3 is 78.3 Å². The molecule has 0 spiro atoms.